The summed E-state index contributed by atoms with van der Waals surface area (Å²) >= 11 is 0. The van der Waals surface area contributed by atoms with Crippen LogP contribution in [0.5, 0.6) is 5.75 Å². The van der Waals surface area contributed by atoms with E-state index in [9.17, 15) is 18.7 Å². The van der Waals surface area contributed by atoms with E-state index in [-0.39, 0.29) is 23.4 Å². The zero-order chi connectivity index (χ0) is 19.7. The van der Waals surface area contributed by atoms with Crippen LogP contribution < -0.4 is 4.74 Å². The van der Waals surface area contributed by atoms with E-state index in [0.29, 0.717) is 18.8 Å². The summed E-state index contributed by atoms with van der Waals surface area (Å²) in [6.07, 6.45) is 3.69. The summed E-state index contributed by atoms with van der Waals surface area (Å²) in [6.45, 7) is 2.34. The van der Waals surface area contributed by atoms with E-state index in [2.05, 4.69) is 4.90 Å². The van der Waals surface area contributed by atoms with E-state index in [1.807, 2.05) is 0 Å². The molecule has 2 fully saturated rings. The number of benzene rings is 2. The molecule has 0 unspecified atom stereocenters. The summed E-state index contributed by atoms with van der Waals surface area (Å²) in [6, 6.07) is 9.15. The highest BCUT2D eigenvalue weighted by molar-refractivity contribution is 5.88. The lowest BCUT2D eigenvalue weighted by Crippen LogP contribution is -2.40. The first kappa shape index (κ1) is 18.9. The molecule has 0 amide bonds. The molecule has 1 saturated heterocycles. The lowest BCUT2D eigenvalue weighted by atomic mass is 10.0. The van der Waals surface area contributed by atoms with Crippen molar-refractivity contribution in [3.05, 3.63) is 64.7 Å². The number of piperidine rings is 1. The fraction of sp³-hybridized carbons (Fsp3) is 0.409. The Hall–Kier alpha value is -2.47. The van der Waals surface area contributed by atoms with E-state index in [4.69, 9.17) is 4.74 Å². The van der Waals surface area contributed by atoms with Crippen molar-refractivity contribution in [1.29, 1.82) is 0 Å². The molecule has 2 aliphatic rings. The standard InChI is InChI=1S/C22H23F2NO3/c23-16-7-3-14(4-8-16)12-25-9-1-2-17(13-25)28-21-11-20(24)19(22(26)27)10-18(21)15-5-6-15/h3-4,7-8,10-11,15,17H,1-2,5-6,9,12-13H2,(H,26,27)/t17-/m1/s1. The number of aromatic carboxylic acids is 1. The summed E-state index contributed by atoms with van der Waals surface area (Å²) < 4.78 is 33.5. The number of hydrogen-bond acceptors (Lipinski definition) is 3. The molecule has 0 spiro atoms. The van der Waals surface area contributed by atoms with Gasteiger partial charge in [0.2, 0.25) is 0 Å². The van der Waals surface area contributed by atoms with Gasteiger partial charge in [-0.05, 0) is 67.5 Å². The first-order valence-electron chi connectivity index (χ1n) is 9.70. The predicted molar refractivity (Wildman–Crippen MR) is 101 cm³/mol. The summed E-state index contributed by atoms with van der Waals surface area (Å²) in [4.78, 5) is 13.5. The molecule has 0 aromatic heterocycles. The summed E-state index contributed by atoms with van der Waals surface area (Å²) in [5.41, 5.74) is 1.54. The quantitative estimate of drug-likeness (QED) is 0.788. The Bertz CT molecular complexity index is 865. The number of carboxylic acids is 1. The molecule has 1 aliphatic heterocycles. The summed E-state index contributed by atoms with van der Waals surface area (Å²) in [7, 11) is 0. The van der Waals surface area contributed by atoms with Gasteiger partial charge in [-0.25, -0.2) is 13.6 Å². The Balaban J connectivity index is 1.47. The van der Waals surface area contributed by atoms with Gasteiger partial charge in [0.25, 0.3) is 0 Å². The van der Waals surface area contributed by atoms with Crippen LogP contribution in [0.2, 0.25) is 0 Å². The van der Waals surface area contributed by atoms with Crippen LogP contribution in [0.3, 0.4) is 0 Å². The van der Waals surface area contributed by atoms with Crippen molar-refractivity contribution in [3.63, 3.8) is 0 Å². The number of ether oxygens (including phenoxy) is 1. The average molecular weight is 387 g/mol. The van der Waals surface area contributed by atoms with Gasteiger partial charge in [-0.3, -0.25) is 4.90 Å². The van der Waals surface area contributed by atoms with Crippen molar-refractivity contribution < 1.29 is 23.4 Å². The van der Waals surface area contributed by atoms with Crippen LogP contribution in [0.4, 0.5) is 8.78 Å². The van der Waals surface area contributed by atoms with Gasteiger partial charge in [0.15, 0.2) is 0 Å². The normalized spacial score (nSPS) is 20.1. The monoisotopic (exact) mass is 387 g/mol. The summed E-state index contributed by atoms with van der Waals surface area (Å²) in [5.74, 6) is -1.53. The lowest BCUT2D eigenvalue weighted by Gasteiger charge is -2.33. The van der Waals surface area contributed by atoms with Crippen LogP contribution in [0.1, 0.15) is 53.1 Å². The highest BCUT2D eigenvalue weighted by atomic mass is 19.1. The number of likely N-dealkylation sites (tertiary alicyclic amines) is 1. The number of nitrogens with zero attached hydrogens (tertiary/aromatic N) is 1. The fourth-order valence-electron chi connectivity index (χ4n) is 3.83. The molecule has 1 atom stereocenters. The second-order valence-corrected chi connectivity index (χ2v) is 7.69. The smallest absolute Gasteiger partial charge is 0.338 e. The minimum absolute atomic E-state index is 0.0817. The Kier molecular flexibility index (Phi) is 5.31. The van der Waals surface area contributed by atoms with Gasteiger partial charge < -0.3 is 9.84 Å². The zero-order valence-electron chi connectivity index (χ0n) is 15.5. The number of carboxylic acid groups (broad SMARTS) is 1. The molecular formula is C22H23F2NO3. The molecule has 0 bridgehead atoms. The number of carbonyl (C=O) groups is 1. The molecule has 1 heterocycles. The lowest BCUT2D eigenvalue weighted by molar-refractivity contribution is 0.0690. The van der Waals surface area contributed by atoms with Gasteiger partial charge in [-0.15, -0.1) is 0 Å². The minimum Gasteiger partial charge on any atom is -0.489 e. The van der Waals surface area contributed by atoms with Crippen LogP contribution in [0.15, 0.2) is 36.4 Å². The molecule has 4 rings (SSSR count). The molecule has 2 aromatic carbocycles. The van der Waals surface area contributed by atoms with Gasteiger partial charge >= 0.3 is 5.97 Å². The van der Waals surface area contributed by atoms with Gasteiger partial charge in [0.1, 0.15) is 23.5 Å². The maximum absolute atomic E-state index is 14.2. The topological polar surface area (TPSA) is 49.8 Å². The van der Waals surface area contributed by atoms with E-state index < -0.39 is 11.8 Å². The number of hydrogen-bond donors (Lipinski definition) is 1. The molecular weight excluding hydrogens is 364 g/mol. The summed E-state index contributed by atoms with van der Waals surface area (Å²) in [5, 5.41) is 9.19. The van der Waals surface area contributed by atoms with Gasteiger partial charge in [0, 0.05) is 19.2 Å². The molecule has 4 nitrogen and oxygen atoms in total. The fourth-order valence-corrected chi connectivity index (χ4v) is 3.83. The second-order valence-electron chi connectivity index (χ2n) is 7.69. The largest absolute Gasteiger partial charge is 0.489 e. The van der Waals surface area contributed by atoms with Gasteiger partial charge in [-0.1, -0.05) is 12.1 Å². The third-order valence-corrected chi connectivity index (χ3v) is 5.42. The molecule has 28 heavy (non-hydrogen) atoms. The van der Waals surface area contributed by atoms with Crippen molar-refractivity contribution in [2.75, 3.05) is 13.1 Å². The number of halogens is 2. The Morgan fingerprint density at radius 2 is 1.89 bits per heavy atom. The van der Waals surface area contributed by atoms with E-state index in [1.54, 1.807) is 12.1 Å². The molecule has 6 heteroatoms. The Morgan fingerprint density at radius 3 is 2.57 bits per heavy atom. The van der Waals surface area contributed by atoms with Crippen molar-refractivity contribution >= 4 is 5.97 Å². The highest BCUT2D eigenvalue weighted by Gasteiger charge is 2.31. The second kappa shape index (κ2) is 7.87. The molecule has 148 valence electrons. The molecule has 2 aromatic rings. The van der Waals surface area contributed by atoms with E-state index in [0.717, 1.165) is 43.4 Å². The molecule has 0 radical (unpaired) electrons. The van der Waals surface area contributed by atoms with Crippen molar-refractivity contribution in [3.8, 4) is 5.75 Å². The maximum atomic E-state index is 14.2. The third kappa shape index (κ3) is 4.33. The first-order chi connectivity index (χ1) is 13.5. The van der Waals surface area contributed by atoms with Crippen molar-refractivity contribution in [1.82, 2.24) is 4.90 Å². The Labute approximate surface area is 162 Å². The van der Waals surface area contributed by atoms with Gasteiger partial charge in [0.05, 0.1) is 5.56 Å². The third-order valence-electron chi connectivity index (χ3n) is 5.42. The van der Waals surface area contributed by atoms with Crippen LogP contribution in [-0.4, -0.2) is 35.2 Å². The predicted octanol–water partition coefficient (Wildman–Crippen LogP) is 4.58. The van der Waals surface area contributed by atoms with E-state index in [1.165, 1.54) is 24.3 Å². The highest BCUT2D eigenvalue weighted by Crippen LogP contribution is 2.45. The average Bonchev–Trinajstić information content (AvgIpc) is 3.49. The van der Waals surface area contributed by atoms with Crippen molar-refractivity contribution in [2.45, 2.75) is 44.2 Å². The SMILES string of the molecule is O=C(O)c1cc(C2CC2)c(O[C@@H]2CCCN(Cc3ccc(F)cc3)C2)cc1F. The molecule has 1 aliphatic carbocycles. The number of rotatable bonds is 6. The Morgan fingerprint density at radius 1 is 1.14 bits per heavy atom. The van der Waals surface area contributed by atoms with Crippen LogP contribution in [-0.2, 0) is 6.54 Å². The van der Waals surface area contributed by atoms with Gasteiger partial charge in [-0.2, -0.15) is 0 Å². The first-order valence-corrected chi connectivity index (χ1v) is 9.70. The molecule has 1 saturated carbocycles. The maximum Gasteiger partial charge on any atom is 0.338 e. The van der Waals surface area contributed by atoms with Crippen LogP contribution in [0, 0.1) is 11.6 Å². The minimum atomic E-state index is -1.26. The zero-order valence-corrected chi connectivity index (χ0v) is 15.5. The van der Waals surface area contributed by atoms with Crippen molar-refractivity contribution in [2.24, 2.45) is 0 Å². The van der Waals surface area contributed by atoms with E-state index >= 15 is 0 Å². The molecule has 1 N–H and O–H groups in total. The van der Waals surface area contributed by atoms with Crippen LogP contribution >= 0.6 is 0 Å². The van der Waals surface area contributed by atoms with Crippen LogP contribution in [0.25, 0.3) is 0 Å².